The van der Waals surface area contributed by atoms with E-state index in [2.05, 4.69) is 29.3 Å². The van der Waals surface area contributed by atoms with Gasteiger partial charge in [0.05, 0.1) is 6.61 Å². The molecule has 2 unspecified atom stereocenters. The number of nitrogens with one attached hydrogen (secondary N) is 1. The molecule has 24 heavy (non-hydrogen) atoms. The third kappa shape index (κ3) is 4.64. The van der Waals surface area contributed by atoms with Gasteiger partial charge in [0.15, 0.2) is 0 Å². The van der Waals surface area contributed by atoms with Gasteiger partial charge in [-0.1, -0.05) is 19.1 Å². The van der Waals surface area contributed by atoms with Crippen molar-refractivity contribution in [1.82, 2.24) is 10.2 Å². The number of carbonyl (C=O) groups is 1. The van der Waals surface area contributed by atoms with Crippen molar-refractivity contribution in [3.63, 3.8) is 0 Å². The first kappa shape index (κ1) is 19.1. The highest BCUT2D eigenvalue weighted by Crippen LogP contribution is 2.28. The molecule has 134 valence electrons. The lowest BCUT2D eigenvalue weighted by Gasteiger charge is -2.28. The maximum Gasteiger partial charge on any atom is 0.223 e. The highest BCUT2D eigenvalue weighted by atomic mass is 35.5. The predicted molar refractivity (Wildman–Crippen MR) is 98.9 cm³/mol. The number of benzene rings is 1. The second-order valence-corrected chi connectivity index (χ2v) is 6.67. The average Bonchev–Trinajstić information content (AvgIpc) is 2.84. The lowest BCUT2D eigenvalue weighted by atomic mass is 10.1. The van der Waals surface area contributed by atoms with Gasteiger partial charge in [-0.25, -0.2) is 0 Å². The second-order valence-electron chi connectivity index (χ2n) is 6.67. The van der Waals surface area contributed by atoms with Crippen LogP contribution in [0.15, 0.2) is 24.3 Å². The summed E-state index contributed by atoms with van der Waals surface area (Å²) in [4.78, 5) is 14.8. The normalized spacial score (nSPS) is 22.6. The SMILES string of the molecule is CCCOc1ccc(CCC(=O)N2C3CCNCC2CC3)cc1.Cl. The molecule has 1 aromatic rings. The summed E-state index contributed by atoms with van der Waals surface area (Å²) in [5.74, 6) is 1.24. The Kier molecular flexibility index (Phi) is 7.38. The van der Waals surface area contributed by atoms with Gasteiger partial charge in [0.25, 0.3) is 0 Å². The topological polar surface area (TPSA) is 41.6 Å². The molecule has 0 spiro atoms. The summed E-state index contributed by atoms with van der Waals surface area (Å²) in [5, 5.41) is 3.45. The number of aryl methyl sites for hydroxylation is 1. The van der Waals surface area contributed by atoms with Crippen LogP contribution in [0, 0.1) is 0 Å². The summed E-state index contributed by atoms with van der Waals surface area (Å²) in [6.45, 7) is 4.87. The van der Waals surface area contributed by atoms with E-state index in [9.17, 15) is 4.79 Å². The highest BCUT2D eigenvalue weighted by Gasteiger charge is 2.37. The lowest BCUT2D eigenvalue weighted by molar-refractivity contribution is -0.133. The van der Waals surface area contributed by atoms with Crippen molar-refractivity contribution >= 4 is 18.3 Å². The minimum Gasteiger partial charge on any atom is -0.494 e. The maximum atomic E-state index is 12.7. The zero-order valence-corrected chi connectivity index (χ0v) is 15.3. The maximum absolute atomic E-state index is 12.7. The van der Waals surface area contributed by atoms with Crippen LogP contribution in [-0.2, 0) is 11.2 Å². The fourth-order valence-electron chi connectivity index (χ4n) is 3.74. The molecule has 0 aromatic heterocycles. The van der Waals surface area contributed by atoms with E-state index in [0.29, 0.717) is 24.4 Å². The molecule has 2 bridgehead atoms. The molecule has 1 amide bonds. The van der Waals surface area contributed by atoms with Crippen LogP contribution in [0.3, 0.4) is 0 Å². The van der Waals surface area contributed by atoms with E-state index in [1.165, 1.54) is 12.0 Å². The molecule has 4 nitrogen and oxygen atoms in total. The Balaban J connectivity index is 0.00000208. The van der Waals surface area contributed by atoms with Gasteiger partial charge in [-0.15, -0.1) is 12.4 Å². The minimum atomic E-state index is 0. The quantitative estimate of drug-likeness (QED) is 0.855. The first-order chi connectivity index (χ1) is 11.3. The molecule has 2 fully saturated rings. The number of hydrogen-bond acceptors (Lipinski definition) is 3. The number of fused-ring (bicyclic) bond motifs is 2. The van der Waals surface area contributed by atoms with E-state index < -0.39 is 0 Å². The zero-order valence-electron chi connectivity index (χ0n) is 14.5. The molecule has 1 aromatic carbocycles. The summed E-state index contributed by atoms with van der Waals surface area (Å²) in [5.41, 5.74) is 1.21. The average molecular weight is 353 g/mol. The van der Waals surface area contributed by atoms with Crippen molar-refractivity contribution in [3.05, 3.63) is 29.8 Å². The summed E-state index contributed by atoms with van der Waals surface area (Å²) in [6, 6.07) is 9.06. The molecule has 0 aliphatic carbocycles. The van der Waals surface area contributed by atoms with Gasteiger partial charge in [-0.05, 0) is 56.3 Å². The van der Waals surface area contributed by atoms with Gasteiger partial charge in [-0.3, -0.25) is 4.79 Å². The minimum absolute atomic E-state index is 0. The molecule has 2 heterocycles. The number of rotatable bonds is 6. The molecule has 1 N–H and O–H groups in total. The zero-order chi connectivity index (χ0) is 16.1. The fraction of sp³-hybridized carbons (Fsp3) is 0.632. The summed E-state index contributed by atoms with van der Waals surface area (Å²) in [7, 11) is 0. The van der Waals surface area contributed by atoms with Crippen molar-refractivity contribution < 1.29 is 9.53 Å². The predicted octanol–water partition coefficient (Wildman–Crippen LogP) is 3.18. The van der Waals surface area contributed by atoms with E-state index in [-0.39, 0.29) is 12.4 Å². The van der Waals surface area contributed by atoms with Crippen LogP contribution in [0.25, 0.3) is 0 Å². The van der Waals surface area contributed by atoms with Gasteiger partial charge in [-0.2, -0.15) is 0 Å². The number of amides is 1. The van der Waals surface area contributed by atoms with Crippen LogP contribution in [0.2, 0.25) is 0 Å². The molecule has 0 radical (unpaired) electrons. The van der Waals surface area contributed by atoms with Crippen LogP contribution in [0.5, 0.6) is 5.75 Å². The first-order valence-electron chi connectivity index (χ1n) is 9.01. The first-order valence-corrected chi connectivity index (χ1v) is 9.01. The fourth-order valence-corrected chi connectivity index (χ4v) is 3.74. The summed E-state index contributed by atoms with van der Waals surface area (Å²) in [6.07, 6.45) is 5.89. The second kappa shape index (κ2) is 9.28. The van der Waals surface area contributed by atoms with Crippen LogP contribution in [0.1, 0.15) is 44.6 Å². The smallest absolute Gasteiger partial charge is 0.223 e. The molecule has 2 aliphatic rings. The number of hydrogen-bond donors (Lipinski definition) is 1. The molecule has 3 rings (SSSR count). The van der Waals surface area contributed by atoms with Crippen LogP contribution in [0.4, 0.5) is 0 Å². The van der Waals surface area contributed by atoms with E-state index >= 15 is 0 Å². The van der Waals surface area contributed by atoms with Crippen molar-refractivity contribution in [2.24, 2.45) is 0 Å². The Morgan fingerprint density at radius 2 is 1.96 bits per heavy atom. The molecule has 0 saturated carbocycles. The number of ether oxygens (including phenoxy) is 1. The van der Waals surface area contributed by atoms with Gasteiger partial charge in [0.1, 0.15) is 5.75 Å². The van der Waals surface area contributed by atoms with E-state index in [1.807, 2.05) is 12.1 Å². The molecule has 2 aliphatic heterocycles. The lowest BCUT2D eigenvalue weighted by Crippen LogP contribution is -2.42. The van der Waals surface area contributed by atoms with Crippen LogP contribution < -0.4 is 10.1 Å². The largest absolute Gasteiger partial charge is 0.494 e. The Hall–Kier alpha value is -1.26. The number of carbonyl (C=O) groups excluding carboxylic acids is 1. The number of nitrogens with zero attached hydrogens (tertiary/aromatic N) is 1. The Labute approximate surface area is 151 Å². The monoisotopic (exact) mass is 352 g/mol. The highest BCUT2D eigenvalue weighted by molar-refractivity contribution is 5.85. The van der Waals surface area contributed by atoms with Gasteiger partial charge < -0.3 is 15.0 Å². The van der Waals surface area contributed by atoms with Gasteiger partial charge in [0, 0.05) is 25.0 Å². The van der Waals surface area contributed by atoms with Crippen molar-refractivity contribution in [3.8, 4) is 5.75 Å². The van der Waals surface area contributed by atoms with Crippen LogP contribution >= 0.6 is 12.4 Å². The molecule has 5 heteroatoms. The Morgan fingerprint density at radius 3 is 2.71 bits per heavy atom. The molecular weight excluding hydrogens is 324 g/mol. The van der Waals surface area contributed by atoms with Crippen molar-refractivity contribution in [2.45, 2.75) is 57.5 Å². The standard InChI is InChI=1S/C19H28N2O2.ClH/c1-2-13-23-18-8-3-15(4-9-18)5-10-19(22)21-16-6-7-17(21)14-20-12-11-16;/h3-4,8-9,16-17,20H,2,5-7,10-14H2,1H3;1H. The molecular formula is C19H29ClN2O2. The molecule has 2 atom stereocenters. The van der Waals surface area contributed by atoms with E-state index in [1.54, 1.807) is 0 Å². The summed E-state index contributed by atoms with van der Waals surface area (Å²) >= 11 is 0. The van der Waals surface area contributed by atoms with Gasteiger partial charge in [0.2, 0.25) is 5.91 Å². The van der Waals surface area contributed by atoms with E-state index in [0.717, 1.165) is 51.1 Å². The third-order valence-corrected chi connectivity index (χ3v) is 4.97. The number of halogens is 1. The summed E-state index contributed by atoms with van der Waals surface area (Å²) < 4.78 is 5.60. The Bertz CT molecular complexity index is 507. The third-order valence-electron chi connectivity index (χ3n) is 4.97. The molecule has 2 saturated heterocycles. The Morgan fingerprint density at radius 1 is 1.21 bits per heavy atom. The van der Waals surface area contributed by atoms with Crippen LogP contribution in [-0.4, -0.2) is 42.6 Å². The van der Waals surface area contributed by atoms with Crippen molar-refractivity contribution in [1.29, 1.82) is 0 Å². The van der Waals surface area contributed by atoms with E-state index in [4.69, 9.17) is 4.74 Å². The van der Waals surface area contributed by atoms with Gasteiger partial charge >= 0.3 is 0 Å². The van der Waals surface area contributed by atoms with Crippen molar-refractivity contribution in [2.75, 3.05) is 19.7 Å².